The summed E-state index contributed by atoms with van der Waals surface area (Å²) in [5, 5.41) is 6.02. The molecule has 1 amide bonds. The van der Waals surface area contributed by atoms with E-state index in [4.69, 9.17) is 0 Å². The first-order valence-electron chi connectivity index (χ1n) is 8.44. The van der Waals surface area contributed by atoms with E-state index in [1.807, 2.05) is 24.3 Å². The number of hydrogen-bond donors (Lipinski definition) is 2. The van der Waals surface area contributed by atoms with Crippen LogP contribution in [0.15, 0.2) is 36.5 Å². The fourth-order valence-corrected chi connectivity index (χ4v) is 2.19. The summed E-state index contributed by atoms with van der Waals surface area (Å²) in [6, 6.07) is 9.50. The van der Waals surface area contributed by atoms with Crippen LogP contribution in [-0.4, -0.2) is 22.4 Å². The van der Waals surface area contributed by atoms with E-state index in [0.717, 1.165) is 18.7 Å². The molecular formula is C19H26N4O. The van der Waals surface area contributed by atoms with Crippen molar-refractivity contribution in [1.29, 1.82) is 0 Å². The van der Waals surface area contributed by atoms with Gasteiger partial charge in [0.05, 0.1) is 0 Å². The van der Waals surface area contributed by atoms with Gasteiger partial charge < -0.3 is 10.6 Å². The summed E-state index contributed by atoms with van der Waals surface area (Å²) in [6.07, 6.45) is 2.63. The van der Waals surface area contributed by atoms with Crippen LogP contribution in [-0.2, 0) is 0 Å². The highest BCUT2D eigenvalue weighted by Crippen LogP contribution is 2.17. The summed E-state index contributed by atoms with van der Waals surface area (Å²) in [5.41, 5.74) is 2.36. The van der Waals surface area contributed by atoms with Crippen molar-refractivity contribution in [2.24, 2.45) is 5.92 Å². The Morgan fingerprint density at radius 3 is 2.42 bits per heavy atom. The molecule has 1 aromatic carbocycles. The lowest BCUT2D eigenvalue weighted by molar-refractivity contribution is 0.102. The monoisotopic (exact) mass is 326 g/mol. The highest BCUT2D eigenvalue weighted by molar-refractivity contribution is 6.02. The van der Waals surface area contributed by atoms with Crippen molar-refractivity contribution in [3.8, 4) is 0 Å². The first-order valence-corrected chi connectivity index (χ1v) is 8.44. The number of rotatable bonds is 7. The Kier molecular flexibility index (Phi) is 6.29. The second kappa shape index (κ2) is 8.43. The zero-order chi connectivity index (χ0) is 17.5. The molecule has 0 spiro atoms. The minimum atomic E-state index is -0.235. The maximum Gasteiger partial charge on any atom is 0.274 e. The molecule has 0 radical (unpaired) electrons. The first-order chi connectivity index (χ1) is 11.5. The highest BCUT2D eigenvalue weighted by atomic mass is 16.1. The smallest absolute Gasteiger partial charge is 0.274 e. The Morgan fingerprint density at radius 2 is 1.79 bits per heavy atom. The minimum Gasteiger partial charge on any atom is -0.354 e. The molecule has 5 heteroatoms. The normalized spacial score (nSPS) is 10.9. The zero-order valence-corrected chi connectivity index (χ0v) is 14.8. The van der Waals surface area contributed by atoms with Gasteiger partial charge >= 0.3 is 0 Å². The second-order valence-electron chi connectivity index (χ2n) is 6.61. The van der Waals surface area contributed by atoms with Gasteiger partial charge in [-0.1, -0.05) is 39.8 Å². The number of aromatic nitrogens is 2. The number of amides is 1. The largest absolute Gasteiger partial charge is 0.354 e. The molecule has 0 saturated carbocycles. The second-order valence-corrected chi connectivity index (χ2v) is 6.61. The Labute approximate surface area is 143 Å². The van der Waals surface area contributed by atoms with Crippen LogP contribution in [0.4, 0.5) is 11.6 Å². The van der Waals surface area contributed by atoms with Crippen LogP contribution in [0.1, 0.15) is 56.1 Å². The molecule has 24 heavy (non-hydrogen) atoms. The molecule has 2 aromatic rings. The molecule has 0 aliphatic carbocycles. The summed E-state index contributed by atoms with van der Waals surface area (Å²) in [4.78, 5) is 20.8. The summed E-state index contributed by atoms with van der Waals surface area (Å²) in [7, 11) is 0. The molecule has 5 nitrogen and oxygen atoms in total. The molecule has 0 saturated heterocycles. The lowest BCUT2D eigenvalue weighted by Gasteiger charge is -2.09. The van der Waals surface area contributed by atoms with E-state index in [9.17, 15) is 4.79 Å². The van der Waals surface area contributed by atoms with Crippen molar-refractivity contribution in [2.75, 3.05) is 17.2 Å². The van der Waals surface area contributed by atoms with Crippen LogP contribution in [0.25, 0.3) is 0 Å². The maximum atomic E-state index is 12.3. The van der Waals surface area contributed by atoms with Crippen LogP contribution < -0.4 is 10.6 Å². The van der Waals surface area contributed by atoms with Crippen molar-refractivity contribution in [2.45, 2.75) is 40.0 Å². The average Bonchev–Trinajstić information content (AvgIpc) is 2.55. The van der Waals surface area contributed by atoms with Gasteiger partial charge in [0.15, 0.2) is 0 Å². The van der Waals surface area contributed by atoms with E-state index in [1.54, 1.807) is 12.3 Å². The summed E-state index contributed by atoms with van der Waals surface area (Å²) >= 11 is 0. The summed E-state index contributed by atoms with van der Waals surface area (Å²) in [6.45, 7) is 9.40. The SMILES string of the molecule is CC(C)CCNc1nccc(C(=O)Nc2ccc(C(C)C)cc2)n1. The predicted molar refractivity (Wildman–Crippen MR) is 98.5 cm³/mol. The maximum absolute atomic E-state index is 12.3. The van der Waals surface area contributed by atoms with Gasteiger partial charge in [0.2, 0.25) is 5.95 Å². The Hall–Kier alpha value is -2.43. The number of nitrogens with zero attached hydrogens (tertiary/aromatic N) is 2. The minimum absolute atomic E-state index is 0.235. The third-order valence-corrected chi connectivity index (χ3v) is 3.73. The van der Waals surface area contributed by atoms with Gasteiger partial charge in [-0.15, -0.1) is 0 Å². The topological polar surface area (TPSA) is 66.9 Å². The molecule has 0 unspecified atom stereocenters. The van der Waals surface area contributed by atoms with Gasteiger partial charge in [0.1, 0.15) is 5.69 Å². The lowest BCUT2D eigenvalue weighted by Crippen LogP contribution is -2.16. The van der Waals surface area contributed by atoms with Crippen molar-refractivity contribution in [3.63, 3.8) is 0 Å². The van der Waals surface area contributed by atoms with Crippen LogP contribution in [0.5, 0.6) is 0 Å². The van der Waals surface area contributed by atoms with Crippen molar-refractivity contribution >= 4 is 17.5 Å². The lowest BCUT2D eigenvalue weighted by atomic mass is 10.0. The standard InChI is InChI=1S/C19H26N4O/c1-13(2)9-11-20-19-21-12-10-17(23-19)18(24)22-16-7-5-15(6-8-16)14(3)4/h5-8,10,12-14H,9,11H2,1-4H3,(H,22,24)(H,20,21,23). The molecule has 0 aliphatic rings. The first kappa shape index (κ1) is 17.9. The number of benzene rings is 1. The quantitative estimate of drug-likeness (QED) is 0.795. The third kappa shape index (κ3) is 5.33. The van der Waals surface area contributed by atoms with E-state index in [0.29, 0.717) is 23.5 Å². The van der Waals surface area contributed by atoms with E-state index in [1.165, 1.54) is 5.56 Å². The van der Waals surface area contributed by atoms with Gasteiger partial charge in [-0.3, -0.25) is 4.79 Å². The van der Waals surface area contributed by atoms with Gasteiger partial charge in [0, 0.05) is 18.4 Å². The van der Waals surface area contributed by atoms with Crippen LogP contribution in [0, 0.1) is 5.92 Å². The fourth-order valence-electron chi connectivity index (χ4n) is 2.19. The molecular weight excluding hydrogens is 300 g/mol. The fraction of sp³-hybridized carbons (Fsp3) is 0.421. The predicted octanol–water partition coefficient (Wildman–Crippen LogP) is 4.31. The van der Waals surface area contributed by atoms with Gasteiger partial charge in [-0.05, 0) is 42.0 Å². The van der Waals surface area contributed by atoms with Crippen molar-refractivity contribution < 1.29 is 4.79 Å². The van der Waals surface area contributed by atoms with Crippen molar-refractivity contribution in [3.05, 3.63) is 47.8 Å². The summed E-state index contributed by atoms with van der Waals surface area (Å²) in [5.74, 6) is 1.33. The zero-order valence-electron chi connectivity index (χ0n) is 14.8. The van der Waals surface area contributed by atoms with E-state index >= 15 is 0 Å². The van der Waals surface area contributed by atoms with Crippen LogP contribution >= 0.6 is 0 Å². The van der Waals surface area contributed by atoms with E-state index in [-0.39, 0.29) is 5.91 Å². The van der Waals surface area contributed by atoms with Gasteiger partial charge in [0.25, 0.3) is 5.91 Å². The molecule has 0 bridgehead atoms. The molecule has 0 aliphatic heterocycles. The van der Waals surface area contributed by atoms with E-state index < -0.39 is 0 Å². The van der Waals surface area contributed by atoms with Crippen LogP contribution in [0.3, 0.4) is 0 Å². The molecule has 1 heterocycles. The molecule has 128 valence electrons. The Morgan fingerprint density at radius 1 is 1.08 bits per heavy atom. The van der Waals surface area contributed by atoms with Gasteiger partial charge in [-0.25, -0.2) is 9.97 Å². The molecule has 0 atom stereocenters. The van der Waals surface area contributed by atoms with Crippen molar-refractivity contribution in [1.82, 2.24) is 9.97 Å². The summed E-state index contributed by atoms with van der Waals surface area (Å²) < 4.78 is 0. The number of anilines is 2. The third-order valence-electron chi connectivity index (χ3n) is 3.73. The molecule has 0 fully saturated rings. The molecule has 1 aromatic heterocycles. The van der Waals surface area contributed by atoms with Gasteiger partial charge in [-0.2, -0.15) is 0 Å². The number of nitrogens with one attached hydrogen (secondary N) is 2. The Bertz CT molecular complexity index is 665. The number of carbonyl (C=O) groups excluding carboxylic acids is 1. The number of hydrogen-bond acceptors (Lipinski definition) is 4. The Balaban J connectivity index is 1.99. The average molecular weight is 326 g/mol. The molecule has 2 N–H and O–H groups in total. The van der Waals surface area contributed by atoms with Crippen LogP contribution in [0.2, 0.25) is 0 Å². The number of carbonyl (C=O) groups is 1. The van der Waals surface area contributed by atoms with E-state index in [2.05, 4.69) is 48.3 Å². The molecule has 2 rings (SSSR count). The highest BCUT2D eigenvalue weighted by Gasteiger charge is 2.09.